The molecule has 1 heterocycles. The first-order valence-corrected chi connectivity index (χ1v) is 6.59. The Morgan fingerprint density at radius 2 is 2.14 bits per heavy atom. The Balaban J connectivity index is 2.20. The molecule has 0 aliphatic heterocycles. The van der Waals surface area contributed by atoms with Gasteiger partial charge in [-0.2, -0.15) is 0 Å². The van der Waals surface area contributed by atoms with Gasteiger partial charge in [-0.1, -0.05) is 0 Å². The first-order chi connectivity index (χ1) is 9.86. The minimum Gasteiger partial charge on any atom is -0.487 e. The van der Waals surface area contributed by atoms with E-state index in [-0.39, 0.29) is 28.5 Å². The molecule has 6 nitrogen and oxygen atoms in total. The lowest BCUT2D eigenvalue weighted by Crippen LogP contribution is -2.01. The van der Waals surface area contributed by atoms with Gasteiger partial charge < -0.3 is 9.84 Å². The van der Waals surface area contributed by atoms with Crippen LogP contribution in [-0.2, 0) is 6.61 Å². The van der Waals surface area contributed by atoms with Crippen LogP contribution in [0.25, 0.3) is 0 Å². The predicted octanol–water partition coefficient (Wildman–Crippen LogP) is 3.38. The topological polar surface area (TPSA) is 89.7 Å². The van der Waals surface area contributed by atoms with Crippen molar-refractivity contribution < 1.29 is 24.0 Å². The Hall–Kier alpha value is -2.48. The Labute approximate surface area is 122 Å². The highest BCUT2D eigenvalue weighted by atomic mass is 32.1. The van der Waals surface area contributed by atoms with Gasteiger partial charge in [0.1, 0.15) is 18.2 Å². The van der Waals surface area contributed by atoms with Gasteiger partial charge in [-0.25, -0.2) is 9.18 Å². The van der Waals surface area contributed by atoms with E-state index in [9.17, 15) is 19.3 Å². The van der Waals surface area contributed by atoms with Crippen LogP contribution in [0.5, 0.6) is 5.75 Å². The van der Waals surface area contributed by atoms with Crippen LogP contribution in [0.2, 0.25) is 0 Å². The number of ether oxygens (including phenoxy) is 1. The summed E-state index contributed by atoms with van der Waals surface area (Å²) in [5, 5.41) is 19.7. The molecule has 0 radical (unpaired) electrons. The quantitative estimate of drug-likeness (QED) is 0.675. The summed E-state index contributed by atoms with van der Waals surface area (Å²) in [6, 6.07) is 4.65. The molecule has 0 atom stereocenters. The van der Waals surface area contributed by atoms with Crippen molar-refractivity contribution in [2.45, 2.75) is 13.5 Å². The number of nitrogens with zero attached hydrogens (tertiary/aromatic N) is 1. The number of carboxylic acid groups (broad SMARTS) is 1. The highest BCUT2D eigenvalue weighted by Crippen LogP contribution is 2.29. The molecule has 0 aliphatic carbocycles. The van der Waals surface area contributed by atoms with Crippen molar-refractivity contribution in [3.8, 4) is 5.75 Å². The lowest BCUT2D eigenvalue weighted by molar-refractivity contribution is -0.385. The lowest BCUT2D eigenvalue weighted by Gasteiger charge is -2.05. The number of hydrogen-bond donors (Lipinski definition) is 1. The number of thiophene rings is 1. The van der Waals surface area contributed by atoms with Crippen LogP contribution < -0.4 is 4.74 Å². The average Bonchev–Trinajstić information content (AvgIpc) is 2.77. The van der Waals surface area contributed by atoms with Crippen molar-refractivity contribution in [3.05, 3.63) is 55.5 Å². The van der Waals surface area contributed by atoms with Crippen molar-refractivity contribution in [3.63, 3.8) is 0 Å². The van der Waals surface area contributed by atoms with Gasteiger partial charge in [0.2, 0.25) is 0 Å². The summed E-state index contributed by atoms with van der Waals surface area (Å²) >= 11 is 1.06. The second kappa shape index (κ2) is 5.88. The monoisotopic (exact) mass is 311 g/mol. The molecule has 0 aliphatic rings. The van der Waals surface area contributed by atoms with E-state index in [0.717, 1.165) is 28.3 Å². The molecule has 0 saturated carbocycles. The molecule has 0 fully saturated rings. The van der Waals surface area contributed by atoms with Crippen LogP contribution in [-0.4, -0.2) is 16.0 Å². The maximum Gasteiger partial charge on any atom is 0.349 e. The number of aromatic carboxylic acids is 1. The number of nitro benzene ring substituents is 1. The second-order valence-corrected chi connectivity index (χ2v) is 5.48. The van der Waals surface area contributed by atoms with Crippen molar-refractivity contribution in [1.29, 1.82) is 0 Å². The third kappa shape index (κ3) is 3.54. The van der Waals surface area contributed by atoms with E-state index in [2.05, 4.69) is 0 Å². The molecule has 0 spiro atoms. The maximum absolute atomic E-state index is 13.3. The summed E-state index contributed by atoms with van der Waals surface area (Å²) < 4.78 is 18.6. The fourth-order valence-corrected chi connectivity index (χ4v) is 2.52. The molecule has 1 aromatic heterocycles. The summed E-state index contributed by atoms with van der Waals surface area (Å²) in [6.45, 7) is 1.58. The molecule has 2 rings (SSSR count). The van der Waals surface area contributed by atoms with E-state index in [1.165, 1.54) is 6.07 Å². The smallest absolute Gasteiger partial charge is 0.349 e. The number of carboxylic acids is 1. The molecule has 1 aromatic carbocycles. The molecule has 110 valence electrons. The fraction of sp³-hybridized carbons (Fsp3) is 0.154. The van der Waals surface area contributed by atoms with Gasteiger partial charge >= 0.3 is 5.97 Å². The van der Waals surface area contributed by atoms with Crippen molar-refractivity contribution >= 4 is 23.0 Å². The van der Waals surface area contributed by atoms with Gasteiger partial charge in [-0.15, -0.1) is 11.3 Å². The highest BCUT2D eigenvalue weighted by molar-refractivity contribution is 7.14. The van der Waals surface area contributed by atoms with Crippen LogP contribution in [0.15, 0.2) is 24.3 Å². The van der Waals surface area contributed by atoms with Crippen molar-refractivity contribution in [2.75, 3.05) is 0 Å². The molecule has 0 amide bonds. The molecule has 0 unspecified atom stereocenters. The number of rotatable bonds is 5. The molecule has 0 bridgehead atoms. The number of carbonyl (C=O) groups is 1. The van der Waals surface area contributed by atoms with Gasteiger partial charge in [0.15, 0.2) is 4.88 Å². The van der Waals surface area contributed by atoms with Crippen LogP contribution in [0, 0.1) is 22.9 Å². The number of halogens is 1. The number of benzene rings is 1. The first-order valence-electron chi connectivity index (χ1n) is 5.77. The second-order valence-electron chi connectivity index (χ2n) is 4.22. The van der Waals surface area contributed by atoms with Gasteiger partial charge in [-0.3, -0.25) is 10.1 Å². The number of aryl methyl sites for hydroxylation is 1. The maximum atomic E-state index is 13.3. The summed E-state index contributed by atoms with van der Waals surface area (Å²) in [5.74, 6) is -1.70. The summed E-state index contributed by atoms with van der Waals surface area (Å²) in [4.78, 5) is 21.8. The predicted molar refractivity (Wildman–Crippen MR) is 73.4 cm³/mol. The Morgan fingerprint density at radius 3 is 2.76 bits per heavy atom. The summed E-state index contributed by atoms with van der Waals surface area (Å²) in [5.41, 5.74) is -0.129. The number of non-ortho nitro benzene ring substituents is 1. The molecule has 21 heavy (non-hydrogen) atoms. The Bertz CT molecular complexity index is 713. The molecule has 0 saturated heterocycles. The summed E-state index contributed by atoms with van der Waals surface area (Å²) in [6.07, 6.45) is 0. The van der Waals surface area contributed by atoms with Crippen LogP contribution in [0.4, 0.5) is 10.1 Å². The van der Waals surface area contributed by atoms with Gasteiger partial charge in [-0.05, 0) is 24.6 Å². The van der Waals surface area contributed by atoms with E-state index in [4.69, 9.17) is 9.84 Å². The minimum atomic E-state index is -1.12. The Kier molecular flexibility index (Phi) is 4.18. The van der Waals surface area contributed by atoms with Gasteiger partial charge in [0, 0.05) is 10.9 Å². The van der Waals surface area contributed by atoms with Crippen LogP contribution in [0.3, 0.4) is 0 Å². The third-order valence-electron chi connectivity index (χ3n) is 2.56. The summed E-state index contributed by atoms with van der Waals surface area (Å²) in [7, 11) is 0. The van der Waals surface area contributed by atoms with Gasteiger partial charge in [0.25, 0.3) is 5.69 Å². The third-order valence-corrected chi connectivity index (χ3v) is 3.58. The van der Waals surface area contributed by atoms with Gasteiger partial charge in [0.05, 0.1) is 11.0 Å². The zero-order valence-electron chi connectivity index (χ0n) is 10.8. The number of hydrogen-bond acceptors (Lipinski definition) is 5. The average molecular weight is 311 g/mol. The zero-order valence-corrected chi connectivity index (χ0v) is 11.6. The van der Waals surface area contributed by atoms with E-state index in [0.29, 0.717) is 0 Å². The van der Waals surface area contributed by atoms with E-state index in [1.54, 1.807) is 13.0 Å². The van der Waals surface area contributed by atoms with E-state index >= 15 is 0 Å². The number of nitro groups is 1. The molecule has 8 heteroatoms. The molecule has 2 aromatic rings. The van der Waals surface area contributed by atoms with Crippen molar-refractivity contribution in [2.24, 2.45) is 0 Å². The molecular formula is C13H10FNO5S. The zero-order chi connectivity index (χ0) is 15.6. The van der Waals surface area contributed by atoms with E-state index in [1.807, 2.05) is 0 Å². The lowest BCUT2D eigenvalue weighted by atomic mass is 10.2. The van der Waals surface area contributed by atoms with Crippen LogP contribution >= 0.6 is 11.3 Å². The van der Waals surface area contributed by atoms with Crippen molar-refractivity contribution in [1.82, 2.24) is 0 Å². The van der Waals surface area contributed by atoms with Crippen LogP contribution in [0.1, 0.15) is 20.1 Å². The molecular weight excluding hydrogens is 301 g/mol. The van der Waals surface area contributed by atoms with E-state index < -0.39 is 16.7 Å². The molecule has 1 N–H and O–H groups in total. The normalized spacial score (nSPS) is 10.4. The highest BCUT2D eigenvalue weighted by Gasteiger charge is 2.16. The largest absolute Gasteiger partial charge is 0.487 e. The first kappa shape index (κ1) is 14.9. The Morgan fingerprint density at radius 1 is 1.43 bits per heavy atom. The standard InChI is InChI=1S/C13H10FNO5S/c1-7-2-11(12(21-7)13(16)17)20-6-8-3-9(14)5-10(4-8)15(18)19/h2-5H,6H2,1H3,(H,16,17). The minimum absolute atomic E-state index is 0.0402. The SMILES string of the molecule is Cc1cc(OCc2cc(F)cc([N+](=O)[O-])c2)c(C(=O)O)s1. The fourth-order valence-electron chi connectivity index (χ4n) is 1.73.